The Morgan fingerprint density at radius 2 is 2.12 bits per heavy atom. The lowest BCUT2D eigenvalue weighted by molar-refractivity contribution is 0.215. The van der Waals surface area contributed by atoms with E-state index in [1.165, 1.54) is 22.6 Å². The van der Waals surface area contributed by atoms with Crippen molar-refractivity contribution >= 4 is 17.3 Å². The van der Waals surface area contributed by atoms with Crippen LogP contribution >= 0.6 is 11.3 Å². The summed E-state index contributed by atoms with van der Waals surface area (Å²) < 4.78 is 5.69. The number of aliphatic imine (C=N–C) groups is 1. The van der Waals surface area contributed by atoms with E-state index in [1.807, 2.05) is 6.07 Å². The Labute approximate surface area is 154 Å². The van der Waals surface area contributed by atoms with Crippen LogP contribution in [-0.4, -0.2) is 37.0 Å². The Morgan fingerprint density at radius 3 is 2.76 bits per heavy atom. The SMILES string of the molecule is CCNC(=NCc1ccc(C)s1)NCC(c1ccco1)N1CCCC1. The number of guanidine groups is 1. The van der Waals surface area contributed by atoms with E-state index in [1.54, 1.807) is 17.6 Å². The quantitative estimate of drug-likeness (QED) is 0.586. The minimum atomic E-state index is 0.255. The number of rotatable bonds is 7. The zero-order valence-corrected chi connectivity index (χ0v) is 15.9. The van der Waals surface area contributed by atoms with Crippen molar-refractivity contribution < 1.29 is 4.42 Å². The Bertz CT molecular complexity index is 659. The molecular weight excluding hydrogens is 332 g/mol. The molecule has 2 aromatic heterocycles. The van der Waals surface area contributed by atoms with Crippen molar-refractivity contribution in [1.29, 1.82) is 0 Å². The molecule has 0 amide bonds. The first kappa shape index (κ1) is 18.0. The molecule has 1 aliphatic heterocycles. The molecule has 0 spiro atoms. The summed E-state index contributed by atoms with van der Waals surface area (Å²) in [7, 11) is 0. The van der Waals surface area contributed by atoms with Gasteiger partial charge in [0, 0.05) is 22.8 Å². The summed E-state index contributed by atoms with van der Waals surface area (Å²) in [6.45, 7) is 8.85. The molecule has 3 rings (SSSR count). The zero-order chi connectivity index (χ0) is 17.5. The molecule has 1 unspecified atom stereocenters. The third-order valence-electron chi connectivity index (χ3n) is 4.45. The average molecular weight is 361 g/mol. The summed E-state index contributed by atoms with van der Waals surface area (Å²) in [5.41, 5.74) is 0. The number of likely N-dealkylation sites (tertiary alicyclic amines) is 1. The minimum Gasteiger partial charge on any atom is -0.468 e. The Morgan fingerprint density at radius 1 is 1.28 bits per heavy atom. The number of nitrogens with zero attached hydrogens (tertiary/aromatic N) is 2. The molecule has 6 heteroatoms. The van der Waals surface area contributed by atoms with E-state index >= 15 is 0 Å². The topological polar surface area (TPSA) is 52.8 Å². The first-order chi connectivity index (χ1) is 12.3. The second-order valence-electron chi connectivity index (χ2n) is 6.36. The van der Waals surface area contributed by atoms with E-state index < -0.39 is 0 Å². The van der Waals surface area contributed by atoms with Gasteiger partial charge in [0.05, 0.1) is 18.8 Å². The van der Waals surface area contributed by atoms with Crippen molar-refractivity contribution in [2.24, 2.45) is 4.99 Å². The third kappa shape index (κ3) is 5.09. The molecule has 1 atom stereocenters. The summed E-state index contributed by atoms with van der Waals surface area (Å²) in [6, 6.07) is 8.60. The highest BCUT2D eigenvalue weighted by atomic mass is 32.1. The van der Waals surface area contributed by atoms with Crippen molar-refractivity contribution in [3.63, 3.8) is 0 Å². The number of hydrogen-bond acceptors (Lipinski definition) is 4. The maximum atomic E-state index is 5.69. The maximum absolute atomic E-state index is 5.69. The van der Waals surface area contributed by atoms with Crippen LogP contribution in [0.4, 0.5) is 0 Å². The van der Waals surface area contributed by atoms with Gasteiger partial charge in [-0.3, -0.25) is 4.90 Å². The number of thiophene rings is 1. The predicted octanol–water partition coefficient (Wildman–Crippen LogP) is 3.54. The smallest absolute Gasteiger partial charge is 0.191 e. The molecule has 0 bridgehead atoms. The molecule has 1 aliphatic rings. The van der Waals surface area contributed by atoms with Crippen LogP contribution in [0.15, 0.2) is 39.9 Å². The van der Waals surface area contributed by atoms with Gasteiger partial charge >= 0.3 is 0 Å². The second-order valence-corrected chi connectivity index (χ2v) is 7.74. The highest BCUT2D eigenvalue weighted by molar-refractivity contribution is 7.11. The van der Waals surface area contributed by atoms with E-state index in [-0.39, 0.29) is 6.04 Å². The first-order valence-electron chi connectivity index (χ1n) is 9.11. The lowest BCUT2D eigenvalue weighted by atomic mass is 10.2. The molecule has 1 saturated heterocycles. The fourth-order valence-electron chi connectivity index (χ4n) is 3.21. The van der Waals surface area contributed by atoms with Crippen LogP contribution in [-0.2, 0) is 6.54 Å². The van der Waals surface area contributed by atoms with Gasteiger partial charge in [-0.25, -0.2) is 4.99 Å². The van der Waals surface area contributed by atoms with E-state index in [9.17, 15) is 0 Å². The van der Waals surface area contributed by atoms with Crippen LogP contribution in [0.3, 0.4) is 0 Å². The summed E-state index contributed by atoms with van der Waals surface area (Å²) in [5.74, 6) is 1.89. The molecule has 136 valence electrons. The maximum Gasteiger partial charge on any atom is 0.191 e. The molecule has 0 saturated carbocycles. The molecular formula is C19H28N4OS. The normalized spacial score (nSPS) is 17.0. The number of hydrogen-bond donors (Lipinski definition) is 2. The largest absolute Gasteiger partial charge is 0.468 e. The average Bonchev–Trinajstić information content (AvgIpc) is 3.36. The zero-order valence-electron chi connectivity index (χ0n) is 15.1. The Kier molecular flexibility index (Phi) is 6.53. The third-order valence-corrected chi connectivity index (χ3v) is 5.43. The standard InChI is InChI=1S/C19H28N4OS/c1-3-20-19(21-13-16-9-8-15(2)25-16)22-14-17(18-7-6-12-24-18)23-10-4-5-11-23/h6-9,12,17H,3-5,10-11,13-14H2,1-2H3,(H2,20,21,22). The van der Waals surface area contributed by atoms with E-state index in [0.29, 0.717) is 6.54 Å². The van der Waals surface area contributed by atoms with Gasteiger partial charge in [0.25, 0.3) is 0 Å². The summed E-state index contributed by atoms with van der Waals surface area (Å²) >= 11 is 1.80. The number of nitrogens with one attached hydrogen (secondary N) is 2. The van der Waals surface area contributed by atoms with E-state index in [4.69, 9.17) is 9.41 Å². The van der Waals surface area contributed by atoms with Crippen LogP contribution in [0.5, 0.6) is 0 Å². The summed E-state index contributed by atoms with van der Waals surface area (Å²) in [4.78, 5) is 9.85. The summed E-state index contributed by atoms with van der Waals surface area (Å²) in [5, 5.41) is 6.85. The summed E-state index contributed by atoms with van der Waals surface area (Å²) in [6.07, 6.45) is 4.29. The fraction of sp³-hybridized carbons (Fsp3) is 0.526. The number of aryl methyl sites for hydroxylation is 1. The Balaban J connectivity index is 1.63. The first-order valence-corrected chi connectivity index (χ1v) is 9.93. The van der Waals surface area contributed by atoms with Crippen molar-refractivity contribution in [3.8, 4) is 0 Å². The second kappa shape index (κ2) is 9.06. The van der Waals surface area contributed by atoms with Crippen molar-refractivity contribution in [2.75, 3.05) is 26.2 Å². The van der Waals surface area contributed by atoms with Crippen molar-refractivity contribution in [1.82, 2.24) is 15.5 Å². The predicted molar refractivity (Wildman–Crippen MR) is 104 cm³/mol. The molecule has 0 aliphatic carbocycles. The van der Waals surface area contributed by atoms with Crippen LogP contribution in [0.1, 0.15) is 41.3 Å². The molecule has 3 heterocycles. The minimum absolute atomic E-state index is 0.255. The van der Waals surface area contributed by atoms with Gasteiger partial charge in [-0.15, -0.1) is 11.3 Å². The molecule has 2 N–H and O–H groups in total. The molecule has 0 aromatic carbocycles. The van der Waals surface area contributed by atoms with E-state index in [2.05, 4.69) is 47.6 Å². The van der Waals surface area contributed by atoms with Crippen LogP contribution in [0.2, 0.25) is 0 Å². The monoisotopic (exact) mass is 360 g/mol. The number of furan rings is 1. The van der Waals surface area contributed by atoms with Gasteiger partial charge in [0.15, 0.2) is 5.96 Å². The highest BCUT2D eigenvalue weighted by Crippen LogP contribution is 2.24. The van der Waals surface area contributed by atoms with Gasteiger partial charge in [-0.2, -0.15) is 0 Å². The molecule has 1 fully saturated rings. The molecule has 25 heavy (non-hydrogen) atoms. The van der Waals surface area contributed by atoms with Gasteiger partial charge in [0.1, 0.15) is 5.76 Å². The van der Waals surface area contributed by atoms with E-state index in [0.717, 1.165) is 37.9 Å². The molecule has 5 nitrogen and oxygen atoms in total. The van der Waals surface area contributed by atoms with Gasteiger partial charge < -0.3 is 15.1 Å². The van der Waals surface area contributed by atoms with Gasteiger partial charge in [0.2, 0.25) is 0 Å². The van der Waals surface area contributed by atoms with Crippen LogP contribution < -0.4 is 10.6 Å². The van der Waals surface area contributed by atoms with Gasteiger partial charge in [-0.05, 0) is 64.0 Å². The highest BCUT2D eigenvalue weighted by Gasteiger charge is 2.25. The lowest BCUT2D eigenvalue weighted by Gasteiger charge is -2.26. The molecule has 0 radical (unpaired) electrons. The lowest BCUT2D eigenvalue weighted by Crippen LogP contribution is -2.42. The van der Waals surface area contributed by atoms with Crippen molar-refractivity contribution in [2.45, 2.75) is 39.3 Å². The van der Waals surface area contributed by atoms with Crippen molar-refractivity contribution in [3.05, 3.63) is 46.0 Å². The fourth-order valence-corrected chi connectivity index (χ4v) is 4.02. The van der Waals surface area contributed by atoms with Crippen LogP contribution in [0, 0.1) is 6.92 Å². The van der Waals surface area contributed by atoms with Gasteiger partial charge in [-0.1, -0.05) is 0 Å². The van der Waals surface area contributed by atoms with Crippen LogP contribution in [0.25, 0.3) is 0 Å². The Hall–Kier alpha value is -1.79. The molecule has 2 aromatic rings.